The van der Waals surface area contributed by atoms with E-state index in [9.17, 15) is 18.0 Å². The fourth-order valence-corrected chi connectivity index (χ4v) is 6.98. The summed E-state index contributed by atoms with van der Waals surface area (Å²) in [6, 6.07) is 23.8. The molecule has 0 unspecified atom stereocenters. The summed E-state index contributed by atoms with van der Waals surface area (Å²) >= 11 is 25.2. The Morgan fingerprint density at radius 2 is 1.49 bits per heavy atom. The summed E-state index contributed by atoms with van der Waals surface area (Å²) in [5.41, 5.74) is 2.33. The van der Waals surface area contributed by atoms with E-state index in [1.165, 1.54) is 35.2 Å². The fourth-order valence-electron chi connectivity index (χ4n) is 4.82. The molecule has 0 aliphatic rings. The third-order valence-electron chi connectivity index (χ3n) is 7.39. The Balaban J connectivity index is 1.84. The van der Waals surface area contributed by atoms with Crippen LogP contribution in [0.1, 0.15) is 30.5 Å². The second-order valence-corrected chi connectivity index (χ2v) is 15.0. The molecule has 4 aromatic rings. The van der Waals surface area contributed by atoms with E-state index < -0.39 is 28.5 Å². The quantitative estimate of drug-likeness (QED) is 0.150. The van der Waals surface area contributed by atoms with Crippen LogP contribution in [0.3, 0.4) is 0 Å². The molecule has 1 atom stereocenters. The molecule has 0 radical (unpaired) electrons. The molecule has 248 valence electrons. The molecule has 0 spiro atoms. The summed E-state index contributed by atoms with van der Waals surface area (Å²) in [5, 5.41) is 3.99. The highest BCUT2D eigenvalue weighted by Crippen LogP contribution is 2.31. The number of hydrogen-bond donors (Lipinski definition) is 1. The number of anilines is 1. The summed E-state index contributed by atoms with van der Waals surface area (Å²) in [6.07, 6.45) is 0.166. The minimum atomic E-state index is -4.30. The molecule has 4 rings (SSSR count). The van der Waals surface area contributed by atoms with E-state index in [1.807, 2.05) is 51.1 Å². The van der Waals surface area contributed by atoms with E-state index in [2.05, 4.69) is 5.32 Å². The van der Waals surface area contributed by atoms with Crippen LogP contribution in [-0.2, 0) is 32.6 Å². The lowest BCUT2D eigenvalue weighted by Crippen LogP contribution is -2.53. The van der Waals surface area contributed by atoms with Gasteiger partial charge >= 0.3 is 0 Å². The smallest absolute Gasteiger partial charge is 0.264 e. The van der Waals surface area contributed by atoms with E-state index in [4.69, 9.17) is 46.4 Å². The first-order valence-electron chi connectivity index (χ1n) is 14.9. The number of aryl methyl sites for hydroxylation is 1. The van der Waals surface area contributed by atoms with Crippen LogP contribution in [0.5, 0.6) is 0 Å². The third-order valence-corrected chi connectivity index (χ3v) is 10.5. The van der Waals surface area contributed by atoms with Crippen molar-refractivity contribution >= 4 is 73.9 Å². The molecule has 1 N–H and O–H groups in total. The van der Waals surface area contributed by atoms with Crippen LogP contribution >= 0.6 is 46.4 Å². The minimum absolute atomic E-state index is 0.0234. The van der Waals surface area contributed by atoms with Gasteiger partial charge < -0.3 is 10.2 Å². The predicted octanol–water partition coefficient (Wildman–Crippen LogP) is 8.22. The standard InChI is InChI=1S/C35H35Cl4N3O4S/c1-23(2)20-40-35(44)33(17-25-7-5-4-6-8-25)41(21-26-11-12-27(36)18-31(26)38)34(43)22-42(28-13-16-30(37)32(39)19-28)47(45,46)29-14-9-24(3)10-15-29/h4-16,18-19,23,33H,17,20-22H2,1-3H3,(H,40,44)/t33-/m1/s1. The SMILES string of the molecule is Cc1ccc(S(=O)(=O)N(CC(=O)N(Cc2ccc(Cl)cc2Cl)[C@H](Cc2ccccc2)C(=O)NCC(C)C)c2ccc(Cl)c(Cl)c2)cc1. The topological polar surface area (TPSA) is 86.8 Å². The van der Waals surface area contributed by atoms with Crippen LogP contribution in [0, 0.1) is 12.8 Å². The van der Waals surface area contributed by atoms with Gasteiger partial charge in [-0.15, -0.1) is 0 Å². The van der Waals surface area contributed by atoms with Crippen LogP contribution < -0.4 is 9.62 Å². The lowest BCUT2D eigenvalue weighted by Gasteiger charge is -2.34. The number of carbonyl (C=O) groups excluding carboxylic acids is 2. The van der Waals surface area contributed by atoms with Crippen molar-refractivity contribution in [2.75, 3.05) is 17.4 Å². The van der Waals surface area contributed by atoms with Crippen LogP contribution in [0.25, 0.3) is 0 Å². The van der Waals surface area contributed by atoms with Crippen molar-refractivity contribution in [3.63, 3.8) is 0 Å². The van der Waals surface area contributed by atoms with Crippen LogP contribution in [-0.4, -0.2) is 44.3 Å². The molecule has 0 saturated carbocycles. The highest BCUT2D eigenvalue weighted by atomic mass is 35.5. The number of sulfonamides is 1. The van der Waals surface area contributed by atoms with Crippen molar-refractivity contribution in [2.24, 2.45) is 5.92 Å². The van der Waals surface area contributed by atoms with Crippen LogP contribution in [0.15, 0.2) is 95.9 Å². The van der Waals surface area contributed by atoms with Gasteiger partial charge in [-0.1, -0.05) is 114 Å². The van der Waals surface area contributed by atoms with Gasteiger partial charge in [-0.2, -0.15) is 0 Å². The minimum Gasteiger partial charge on any atom is -0.354 e. The highest BCUT2D eigenvalue weighted by molar-refractivity contribution is 7.92. The fraction of sp³-hybridized carbons (Fsp3) is 0.257. The Morgan fingerprint density at radius 3 is 2.11 bits per heavy atom. The molecule has 4 aromatic carbocycles. The monoisotopic (exact) mass is 733 g/mol. The molecule has 47 heavy (non-hydrogen) atoms. The molecule has 0 bridgehead atoms. The average molecular weight is 736 g/mol. The molecule has 12 heteroatoms. The number of hydrogen-bond acceptors (Lipinski definition) is 4. The van der Waals surface area contributed by atoms with E-state index in [0.29, 0.717) is 22.2 Å². The molecule has 0 heterocycles. The van der Waals surface area contributed by atoms with Gasteiger partial charge in [0.25, 0.3) is 10.0 Å². The van der Waals surface area contributed by atoms with Gasteiger partial charge in [0.2, 0.25) is 11.8 Å². The van der Waals surface area contributed by atoms with Crippen molar-refractivity contribution in [3.8, 4) is 0 Å². The second-order valence-electron chi connectivity index (χ2n) is 11.5. The second kappa shape index (κ2) is 16.2. The lowest BCUT2D eigenvalue weighted by molar-refractivity contribution is -0.140. The van der Waals surface area contributed by atoms with Crippen molar-refractivity contribution in [1.82, 2.24) is 10.2 Å². The molecule has 0 aliphatic carbocycles. The molecule has 0 aliphatic heterocycles. The first-order chi connectivity index (χ1) is 22.3. The summed E-state index contributed by atoms with van der Waals surface area (Å²) in [6.45, 7) is 5.41. The van der Waals surface area contributed by atoms with Gasteiger partial charge in [0.05, 0.1) is 20.6 Å². The molecule has 0 fully saturated rings. The average Bonchev–Trinajstić information content (AvgIpc) is 3.03. The number of carbonyl (C=O) groups is 2. The Hall–Kier alpha value is -3.27. The zero-order chi connectivity index (χ0) is 34.3. The molecule has 0 aromatic heterocycles. The van der Waals surface area contributed by atoms with Crippen molar-refractivity contribution in [2.45, 2.75) is 44.7 Å². The van der Waals surface area contributed by atoms with Gasteiger partial charge in [0.15, 0.2) is 0 Å². The maximum atomic E-state index is 14.6. The normalized spacial score (nSPS) is 12.1. The Bertz CT molecular complexity index is 1820. The number of nitrogens with zero attached hydrogens (tertiary/aromatic N) is 2. The third kappa shape index (κ3) is 9.64. The molecule has 0 saturated heterocycles. The van der Waals surface area contributed by atoms with Crippen molar-refractivity contribution in [3.05, 3.63) is 128 Å². The van der Waals surface area contributed by atoms with Gasteiger partial charge in [-0.25, -0.2) is 8.42 Å². The van der Waals surface area contributed by atoms with E-state index in [1.54, 1.807) is 30.3 Å². The van der Waals surface area contributed by atoms with E-state index in [0.717, 1.165) is 15.4 Å². The maximum absolute atomic E-state index is 14.6. The Kier molecular flexibility index (Phi) is 12.6. The predicted molar refractivity (Wildman–Crippen MR) is 191 cm³/mol. The number of benzene rings is 4. The number of amides is 2. The molecule has 7 nitrogen and oxygen atoms in total. The van der Waals surface area contributed by atoms with Gasteiger partial charge in [0, 0.05) is 29.6 Å². The van der Waals surface area contributed by atoms with Crippen molar-refractivity contribution in [1.29, 1.82) is 0 Å². The number of halogens is 4. The number of rotatable bonds is 13. The Labute approximate surface area is 296 Å². The molecular formula is C35H35Cl4N3O4S. The zero-order valence-electron chi connectivity index (χ0n) is 26.1. The summed E-state index contributed by atoms with van der Waals surface area (Å²) in [4.78, 5) is 29.8. The first kappa shape index (κ1) is 36.6. The molecular weight excluding hydrogens is 700 g/mol. The largest absolute Gasteiger partial charge is 0.354 e. The molecule has 2 amide bonds. The first-order valence-corrected chi connectivity index (χ1v) is 17.8. The van der Waals surface area contributed by atoms with Crippen molar-refractivity contribution < 1.29 is 18.0 Å². The van der Waals surface area contributed by atoms with Crippen LogP contribution in [0.2, 0.25) is 20.1 Å². The van der Waals surface area contributed by atoms with Gasteiger partial charge in [-0.3, -0.25) is 13.9 Å². The van der Waals surface area contributed by atoms with Gasteiger partial charge in [-0.05, 0) is 66.4 Å². The Morgan fingerprint density at radius 1 is 0.809 bits per heavy atom. The van der Waals surface area contributed by atoms with E-state index in [-0.39, 0.29) is 45.4 Å². The lowest BCUT2D eigenvalue weighted by atomic mass is 10.0. The highest BCUT2D eigenvalue weighted by Gasteiger charge is 2.35. The maximum Gasteiger partial charge on any atom is 0.264 e. The van der Waals surface area contributed by atoms with E-state index >= 15 is 0 Å². The summed E-state index contributed by atoms with van der Waals surface area (Å²) in [7, 11) is -4.30. The summed E-state index contributed by atoms with van der Waals surface area (Å²) < 4.78 is 29.3. The summed E-state index contributed by atoms with van der Waals surface area (Å²) in [5.74, 6) is -0.877. The number of nitrogens with one attached hydrogen (secondary N) is 1. The zero-order valence-corrected chi connectivity index (χ0v) is 29.9. The van der Waals surface area contributed by atoms with Crippen LogP contribution in [0.4, 0.5) is 5.69 Å². The van der Waals surface area contributed by atoms with Gasteiger partial charge in [0.1, 0.15) is 12.6 Å².